The number of rotatable bonds is 4. The van der Waals surface area contributed by atoms with Crippen molar-refractivity contribution in [1.29, 1.82) is 0 Å². The fourth-order valence-electron chi connectivity index (χ4n) is 2.49. The third kappa shape index (κ3) is 3.12. The topological polar surface area (TPSA) is 26.3 Å². The van der Waals surface area contributed by atoms with E-state index in [-0.39, 0.29) is 18.0 Å². The van der Waals surface area contributed by atoms with Crippen LogP contribution in [0, 0.1) is 0 Å². The second-order valence-corrected chi connectivity index (χ2v) is 7.17. The summed E-state index contributed by atoms with van der Waals surface area (Å²) in [7, 11) is 0. The molecule has 1 heterocycles. The summed E-state index contributed by atoms with van der Waals surface area (Å²) < 4.78 is 6.88. The summed E-state index contributed by atoms with van der Waals surface area (Å²) in [5, 5.41) is 0.947. The zero-order valence-corrected chi connectivity index (χ0v) is 12.8. The Morgan fingerprint density at radius 3 is 2.35 bits per heavy atom. The van der Waals surface area contributed by atoms with Crippen molar-refractivity contribution in [3.8, 4) is 0 Å². The number of cyclic esters (lactones) is 1. The molecule has 0 aromatic heterocycles. The standard InChI is InChI=1S/C17H16O2Se/c18-17-11-15(13-7-3-1-4-8-13)16(19-17)12-20-14-9-5-2-6-10-14/h1-10,15-16H,11-12H2/t15-,16+/m0/s1. The zero-order valence-electron chi connectivity index (χ0n) is 11.1. The summed E-state index contributed by atoms with van der Waals surface area (Å²) in [4.78, 5) is 11.6. The van der Waals surface area contributed by atoms with Gasteiger partial charge in [-0.3, -0.25) is 0 Å². The van der Waals surface area contributed by atoms with Gasteiger partial charge in [-0.15, -0.1) is 0 Å². The van der Waals surface area contributed by atoms with Gasteiger partial charge in [0.25, 0.3) is 0 Å². The van der Waals surface area contributed by atoms with Crippen molar-refractivity contribution in [3.05, 3.63) is 66.2 Å². The van der Waals surface area contributed by atoms with Crippen LogP contribution in [0.15, 0.2) is 60.7 Å². The minimum atomic E-state index is -0.0623. The van der Waals surface area contributed by atoms with Crippen molar-refractivity contribution < 1.29 is 9.53 Å². The Morgan fingerprint density at radius 2 is 1.65 bits per heavy atom. The molecular weight excluding hydrogens is 315 g/mol. The molecule has 0 bridgehead atoms. The third-order valence-electron chi connectivity index (χ3n) is 3.50. The predicted octanol–water partition coefficient (Wildman–Crippen LogP) is 2.53. The van der Waals surface area contributed by atoms with Crippen LogP contribution in [-0.4, -0.2) is 27.0 Å². The molecule has 1 fully saturated rings. The molecule has 2 aromatic rings. The summed E-state index contributed by atoms with van der Waals surface area (Å²) >= 11 is 0.351. The van der Waals surface area contributed by atoms with Crippen LogP contribution in [-0.2, 0) is 9.53 Å². The summed E-state index contributed by atoms with van der Waals surface area (Å²) in [6.45, 7) is 0. The van der Waals surface area contributed by atoms with E-state index in [1.54, 1.807) is 0 Å². The Balaban J connectivity index is 1.69. The molecule has 102 valence electrons. The van der Waals surface area contributed by atoms with E-state index in [0.29, 0.717) is 21.4 Å². The Bertz CT molecular complexity index is 568. The molecule has 0 aliphatic carbocycles. The zero-order chi connectivity index (χ0) is 13.8. The van der Waals surface area contributed by atoms with E-state index in [1.807, 2.05) is 24.3 Å². The van der Waals surface area contributed by atoms with Crippen molar-refractivity contribution in [2.24, 2.45) is 0 Å². The molecule has 2 atom stereocenters. The first-order valence-electron chi connectivity index (χ1n) is 6.75. The average molecular weight is 331 g/mol. The van der Waals surface area contributed by atoms with Crippen LogP contribution in [0.25, 0.3) is 0 Å². The number of hydrogen-bond donors (Lipinski definition) is 0. The maximum atomic E-state index is 11.6. The Morgan fingerprint density at radius 1 is 1.00 bits per heavy atom. The van der Waals surface area contributed by atoms with Gasteiger partial charge in [-0.25, -0.2) is 0 Å². The van der Waals surface area contributed by atoms with Gasteiger partial charge in [0.15, 0.2) is 0 Å². The number of carbonyl (C=O) groups is 1. The SMILES string of the molecule is O=C1C[C@@H](c2ccccc2)[C@@H](C[Se]c2ccccc2)O1. The average Bonchev–Trinajstić information content (AvgIpc) is 2.88. The molecule has 1 aliphatic heterocycles. The number of benzene rings is 2. The van der Waals surface area contributed by atoms with Crippen molar-refractivity contribution in [3.63, 3.8) is 0 Å². The molecule has 2 aromatic carbocycles. The van der Waals surface area contributed by atoms with Gasteiger partial charge in [0, 0.05) is 0 Å². The first-order chi connectivity index (χ1) is 9.83. The van der Waals surface area contributed by atoms with Crippen molar-refractivity contribution >= 4 is 25.4 Å². The van der Waals surface area contributed by atoms with Crippen molar-refractivity contribution in [2.45, 2.75) is 23.8 Å². The molecule has 0 radical (unpaired) electrons. The van der Waals surface area contributed by atoms with Gasteiger partial charge in [-0.2, -0.15) is 0 Å². The van der Waals surface area contributed by atoms with E-state index in [2.05, 4.69) is 36.4 Å². The maximum absolute atomic E-state index is 11.6. The normalized spacial score (nSPS) is 21.7. The molecular formula is C17H16O2Se. The molecule has 2 nitrogen and oxygen atoms in total. The third-order valence-corrected chi connectivity index (χ3v) is 5.81. The van der Waals surface area contributed by atoms with Crippen LogP contribution in [0.1, 0.15) is 17.9 Å². The van der Waals surface area contributed by atoms with Crippen molar-refractivity contribution in [2.75, 3.05) is 0 Å². The second kappa shape index (κ2) is 6.25. The Labute approximate surface area is 125 Å². The Kier molecular flexibility index (Phi) is 4.19. The van der Waals surface area contributed by atoms with E-state index >= 15 is 0 Å². The van der Waals surface area contributed by atoms with Gasteiger partial charge < -0.3 is 0 Å². The van der Waals surface area contributed by atoms with E-state index in [9.17, 15) is 4.79 Å². The molecule has 1 aliphatic rings. The Hall–Kier alpha value is -1.57. The van der Waals surface area contributed by atoms with E-state index in [4.69, 9.17) is 4.74 Å². The van der Waals surface area contributed by atoms with E-state index in [0.717, 1.165) is 5.32 Å². The van der Waals surface area contributed by atoms with E-state index in [1.165, 1.54) is 10.0 Å². The van der Waals surface area contributed by atoms with Crippen LogP contribution in [0.3, 0.4) is 0 Å². The van der Waals surface area contributed by atoms with Gasteiger partial charge in [0.05, 0.1) is 0 Å². The van der Waals surface area contributed by atoms with Gasteiger partial charge in [-0.05, 0) is 0 Å². The molecule has 0 saturated carbocycles. The van der Waals surface area contributed by atoms with Crippen LogP contribution in [0.4, 0.5) is 0 Å². The molecule has 20 heavy (non-hydrogen) atoms. The number of hydrogen-bond acceptors (Lipinski definition) is 2. The summed E-state index contributed by atoms with van der Waals surface area (Å²) in [6, 6.07) is 20.7. The molecule has 3 heteroatoms. The first-order valence-corrected chi connectivity index (χ1v) is 8.82. The fraction of sp³-hybridized carbons (Fsp3) is 0.235. The molecule has 0 amide bonds. The predicted molar refractivity (Wildman–Crippen MR) is 80.3 cm³/mol. The molecule has 0 spiro atoms. The monoisotopic (exact) mass is 332 g/mol. The summed E-state index contributed by atoms with van der Waals surface area (Å²) in [6.07, 6.45) is 0.546. The molecule has 0 N–H and O–H groups in total. The second-order valence-electron chi connectivity index (χ2n) is 4.87. The fourth-order valence-corrected chi connectivity index (χ4v) is 4.60. The number of esters is 1. The number of carbonyl (C=O) groups excluding carboxylic acids is 1. The first kappa shape index (κ1) is 13.4. The van der Waals surface area contributed by atoms with Crippen LogP contribution in [0.5, 0.6) is 0 Å². The van der Waals surface area contributed by atoms with Gasteiger partial charge in [-0.1, -0.05) is 0 Å². The van der Waals surface area contributed by atoms with E-state index < -0.39 is 0 Å². The molecule has 3 rings (SSSR count). The van der Waals surface area contributed by atoms with Crippen LogP contribution < -0.4 is 4.46 Å². The number of ether oxygens (including phenoxy) is 1. The van der Waals surface area contributed by atoms with Crippen LogP contribution >= 0.6 is 0 Å². The molecule has 1 saturated heterocycles. The van der Waals surface area contributed by atoms with Crippen LogP contribution in [0.2, 0.25) is 5.32 Å². The van der Waals surface area contributed by atoms with Gasteiger partial charge in [0.1, 0.15) is 0 Å². The van der Waals surface area contributed by atoms with Gasteiger partial charge in [0.2, 0.25) is 0 Å². The summed E-state index contributed by atoms with van der Waals surface area (Å²) in [5.41, 5.74) is 1.22. The van der Waals surface area contributed by atoms with Crippen molar-refractivity contribution in [1.82, 2.24) is 0 Å². The quantitative estimate of drug-likeness (QED) is 0.636. The summed E-state index contributed by atoms with van der Waals surface area (Å²) in [5.74, 6) is 0.155. The molecule has 0 unspecified atom stereocenters. The van der Waals surface area contributed by atoms with Gasteiger partial charge >= 0.3 is 125 Å². The minimum absolute atomic E-state index is 0.0325.